The molecule has 1 saturated heterocycles. The molecule has 9 nitrogen and oxygen atoms in total. The number of hydrogen-bond acceptors (Lipinski definition) is 7. The zero-order valence-electron chi connectivity index (χ0n) is 17.7. The fourth-order valence-electron chi connectivity index (χ4n) is 4.14. The lowest BCUT2D eigenvalue weighted by Gasteiger charge is -2.37. The van der Waals surface area contributed by atoms with E-state index in [9.17, 15) is 13.2 Å². The number of sulfonamides is 1. The van der Waals surface area contributed by atoms with Crippen molar-refractivity contribution in [2.24, 2.45) is 0 Å². The van der Waals surface area contributed by atoms with Crippen molar-refractivity contribution in [3.05, 3.63) is 58.6 Å². The molecule has 1 atom stereocenters. The number of nitrogens with one attached hydrogen (secondary N) is 1. The van der Waals surface area contributed by atoms with Gasteiger partial charge < -0.3 is 14.5 Å². The molecule has 0 unspecified atom stereocenters. The molecule has 10 heteroatoms. The standard InChI is InChI=1S/C22H24N4O5S/c1-15(21-23-18-5-3-2-4-17(18)22(27)24-21)25-8-10-26(11-9-25)32(28,29)16-6-7-19-20(14-16)31-13-12-30-19/h2-7,14-15H,8-13H2,1H3,(H,23,24,27)/t15-/m0/s1. The number of para-hydroxylation sites is 1. The van der Waals surface area contributed by atoms with Crippen LogP contribution in [0.15, 0.2) is 52.2 Å². The molecule has 5 rings (SSSR count). The fourth-order valence-corrected chi connectivity index (χ4v) is 5.58. The number of benzene rings is 2. The highest BCUT2D eigenvalue weighted by Gasteiger charge is 2.32. The third kappa shape index (κ3) is 3.74. The quantitative estimate of drug-likeness (QED) is 0.638. The van der Waals surface area contributed by atoms with E-state index in [0.717, 1.165) is 0 Å². The van der Waals surface area contributed by atoms with Gasteiger partial charge in [0, 0.05) is 32.2 Å². The largest absolute Gasteiger partial charge is 0.486 e. The predicted molar refractivity (Wildman–Crippen MR) is 119 cm³/mol. The third-order valence-corrected chi connectivity index (χ3v) is 7.89. The Labute approximate surface area is 185 Å². The summed E-state index contributed by atoms with van der Waals surface area (Å²) < 4.78 is 38.8. The Balaban J connectivity index is 1.31. The number of fused-ring (bicyclic) bond motifs is 2. The zero-order valence-corrected chi connectivity index (χ0v) is 18.5. The molecule has 0 amide bonds. The van der Waals surface area contributed by atoms with Crippen LogP contribution in [0.5, 0.6) is 11.5 Å². The van der Waals surface area contributed by atoms with Crippen molar-refractivity contribution in [2.75, 3.05) is 39.4 Å². The van der Waals surface area contributed by atoms with Crippen LogP contribution < -0.4 is 15.0 Å². The maximum absolute atomic E-state index is 13.2. The number of aromatic amines is 1. The van der Waals surface area contributed by atoms with Crippen LogP contribution in [0.4, 0.5) is 0 Å². The van der Waals surface area contributed by atoms with Crippen molar-refractivity contribution in [2.45, 2.75) is 17.9 Å². The highest BCUT2D eigenvalue weighted by atomic mass is 32.2. The molecule has 2 aliphatic rings. The summed E-state index contributed by atoms with van der Waals surface area (Å²) in [5.74, 6) is 1.60. The zero-order chi connectivity index (χ0) is 22.3. The topological polar surface area (TPSA) is 105 Å². The van der Waals surface area contributed by atoms with Crippen molar-refractivity contribution in [1.29, 1.82) is 0 Å². The van der Waals surface area contributed by atoms with Gasteiger partial charge in [0.15, 0.2) is 11.5 Å². The number of H-pyrrole nitrogens is 1. The van der Waals surface area contributed by atoms with E-state index < -0.39 is 10.0 Å². The lowest BCUT2D eigenvalue weighted by Crippen LogP contribution is -2.49. The smallest absolute Gasteiger partial charge is 0.258 e. The van der Waals surface area contributed by atoms with Gasteiger partial charge in [0.05, 0.1) is 21.8 Å². The van der Waals surface area contributed by atoms with Gasteiger partial charge in [-0.1, -0.05) is 12.1 Å². The van der Waals surface area contributed by atoms with E-state index in [4.69, 9.17) is 9.47 Å². The molecule has 3 aromatic rings. The van der Waals surface area contributed by atoms with Crippen molar-refractivity contribution in [3.63, 3.8) is 0 Å². The first kappa shape index (κ1) is 20.9. The highest BCUT2D eigenvalue weighted by Crippen LogP contribution is 2.33. The number of piperazine rings is 1. The van der Waals surface area contributed by atoms with Crippen LogP contribution in [0.2, 0.25) is 0 Å². The number of rotatable bonds is 4. The van der Waals surface area contributed by atoms with Crippen LogP contribution >= 0.6 is 0 Å². The first-order valence-corrected chi connectivity index (χ1v) is 12.0. The van der Waals surface area contributed by atoms with Crippen LogP contribution in [-0.4, -0.2) is 67.0 Å². The fraction of sp³-hybridized carbons (Fsp3) is 0.364. The molecule has 1 fully saturated rings. The number of hydrogen-bond donors (Lipinski definition) is 1. The molecule has 0 spiro atoms. The van der Waals surface area contributed by atoms with Gasteiger partial charge in [0.25, 0.3) is 5.56 Å². The van der Waals surface area contributed by atoms with Crippen molar-refractivity contribution in [1.82, 2.24) is 19.2 Å². The summed E-state index contributed by atoms with van der Waals surface area (Å²) >= 11 is 0. The SMILES string of the molecule is C[C@@H](c1nc2ccccc2c(=O)[nH]1)N1CCN(S(=O)(=O)c2ccc3c(c2)OCCO3)CC1. The molecule has 2 aromatic carbocycles. The van der Waals surface area contributed by atoms with Gasteiger partial charge in [-0.25, -0.2) is 13.4 Å². The molecular weight excluding hydrogens is 432 g/mol. The van der Waals surface area contributed by atoms with E-state index in [1.54, 1.807) is 18.2 Å². The Bertz CT molecular complexity index is 1320. The number of nitrogens with zero attached hydrogens (tertiary/aromatic N) is 3. The molecule has 2 aliphatic heterocycles. The molecule has 0 saturated carbocycles. The summed E-state index contributed by atoms with van der Waals surface area (Å²) in [4.78, 5) is 22.2. The minimum absolute atomic E-state index is 0.147. The van der Waals surface area contributed by atoms with Crippen LogP contribution in [0.25, 0.3) is 10.9 Å². The van der Waals surface area contributed by atoms with E-state index in [-0.39, 0.29) is 16.5 Å². The second-order valence-corrected chi connectivity index (χ2v) is 9.83. The maximum atomic E-state index is 13.2. The summed E-state index contributed by atoms with van der Waals surface area (Å²) in [6.07, 6.45) is 0. The van der Waals surface area contributed by atoms with E-state index in [0.29, 0.717) is 67.6 Å². The molecule has 32 heavy (non-hydrogen) atoms. The molecule has 3 heterocycles. The monoisotopic (exact) mass is 456 g/mol. The molecule has 168 valence electrons. The molecule has 0 aliphatic carbocycles. The van der Waals surface area contributed by atoms with E-state index in [2.05, 4.69) is 14.9 Å². The van der Waals surface area contributed by atoms with Gasteiger partial charge in [-0.2, -0.15) is 4.31 Å². The summed E-state index contributed by atoms with van der Waals surface area (Å²) in [6, 6.07) is 11.8. The Morgan fingerprint density at radius 1 is 1.00 bits per heavy atom. The summed E-state index contributed by atoms with van der Waals surface area (Å²) in [5, 5.41) is 0.554. The summed E-state index contributed by atoms with van der Waals surface area (Å²) in [5.41, 5.74) is 0.482. The molecule has 0 radical (unpaired) electrons. The lowest BCUT2D eigenvalue weighted by molar-refractivity contribution is 0.141. The average Bonchev–Trinajstić information content (AvgIpc) is 2.83. The van der Waals surface area contributed by atoms with E-state index in [1.165, 1.54) is 10.4 Å². The molecular formula is C22H24N4O5S. The van der Waals surface area contributed by atoms with Crippen molar-refractivity contribution >= 4 is 20.9 Å². The summed E-state index contributed by atoms with van der Waals surface area (Å²) in [7, 11) is -3.65. The predicted octanol–water partition coefficient (Wildman–Crippen LogP) is 1.76. The van der Waals surface area contributed by atoms with Gasteiger partial charge >= 0.3 is 0 Å². The molecule has 0 bridgehead atoms. The van der Waals surface area contributed by atoms with Gasteiger partial charge in [-0.05, 0) is 31.2 Å². The third-order valence-electron chi connectivity index (χ3n) is 6.00. The number of ether oxygens (including phenoxy) is 2. The maximum Gasteiger partial charge on any atom is 0.258 e. The Kier molecular flexibility index (Phi) is 5.36. The second-order valence-electron chi connectivity index (χ2n) is 7.89. The molecule has 1 aromatic heterocycles. The van der Waals surface area contributed by atoms with Gasteiger partial charge in [-0.3, -0.25) is 9.69 Å². The minimum atomic E-state index is -3.65. The van der Waals surface area contributed by atoms with Crippen LogP contribution in [0, 0.1) is 0 Å². The van der Waals surface area contributed by atoms with E-state index >= 15 is 0 Å². The first-order valence-electron chi connectivity index (χ1n) is 10.6. The summed E-state index contributed by atoms with van der Waals surface area (Å²) in [6.45, 7) is 4.58. The normalized spacial score (nSPS) is 18.5. The highest BCUT2D eigenvalue weighted by molar-refractivity contribution is 7.89. The van der Waals surface area contributed by atoms with Crippen LogP contribution in [0.1, 0.15) is 18.8 Å². The average molecular weight is 457 g/mol. The van der Waals surface area contributed by atoms with Crippen molar-refractivity contribution < 1.29 is 17.9 Å². The van der Waals surface area contributed by atoms with Gasteiger partial charge in [-0.15, -0.1) is 0 Å². The molecule has 1 N–H and O–H groups in total. The van der Waals surface area contributed by atoms with Crippen molar-refractivity contribution in [3.8, 4) is 11.5 Å². The van der Waals surface area contributed by atoms with Gasteiger partial charge in [0.1, 0.15) is 19.0 Å². The second kappa shape index (κ2) is 8.19. The lowest BCUT2D eigenvalue weighted by atomic mass is 10.2. The van der Waals surface area contributed by atoms with Crippen LogP contribution in [0.3, 0.4) is 0 Å². The first-order chi connectivity index (χ1) is 15.4. The number of aromatic nitrogens is 2. The van der Waals surface area contributed by atoms with E-state index in [1.807, 2.05) is 25.1 Å². The van der Waals surface area contributed by atoms with Gasteiger partial charge in [0.2, 0.25) is 10.0 Å². The Morgan fingerprint density at radius 3 is 2.50 bits per heavy atom. The van der Waals surface area contributed by atoms with Crippen LogP contribution in [-0.2, 0) is 10.0 Å². The minimum Gasteiger partial charge on any atom is -0.486 e. The Morgan fingerprint density at radius 2 is 1.72 bits per heavy atom. The Hall–Kier alpha value is -2.95.